The summed E-state index contributed by atoms with van der Waals surface area (Å²) in [5.41, 5.74) is 0.931. The van der Waals surface area contributed by atoms with E-state index in [1.165, 1.54) is 16.2 Å². The monoisotopic (exact) mass is 386 g/mol. The third kappa shape index (κ3) is 3.79. The lowest BCUT2D eigenvalue weighted by atomic mass is 9.96. The van der Waals surface area contributed by atoms with Crippen molar-refractivity contribution in [3.8, 4) is 0 Å². The van der Waals surface area contributed by atoms with Crippen molar-refractivity contribution in [2.24, 2.45) is 0 Å². The highest BCUT2D eigenvalue weighted by Gasteiger charge is 2.44. The number of nitrogens with zero attached hydrogens (tertiary/aromatic N) is 2. The fourth-order valence-corrected chi connectivity index (χ4v) is 4.11. The predicted molar refractivity (Wildman–Crippen MR) is 104 cm³/mol. The molecule has 1 aliphatic rings. The van der Waals surface area contributed by atoms with E-state index in [9.17, 15) is 14.7 Å². The number of rotatable bonds is 8. The van der Waals surface area contributed by atoms with Crippen LogP contribution in [0, 0.1) is 0 Å². The summed E-state index contributed by atoms with van der Waals surface area (Å²) in [7, 11) is 0. The van der Waals surface area contributed by atoms with Crippen molar-refractivity contribution < 1.29 is 19.6 Å². The molecule has 0 fully saturated rings. The van der Waals surface area contributed by atoms with E-state index in [0.29, 0.717) is 11.4 Å². The molecule has 7 heteroatoms. The van der Waals surface area contributed by atoms with Crippen molar-refractivity contribution in [1.82, 2.24) is 9.88 Å². The topological polar surface area (TPSA) is 74.9 Å². The largest absolute Gasteiger partial charge is 0.503 e. The molecular weight excluding hydrogens is 362 g/mol. The second-order valence-electron chi connectivity index (χ2n) is 6.46. The summed E-state index contributed by atoms with van der Waals surface area (Å²) in [5, 5.41) is 12.4. The van der Waals surface area contributed by atoms with Crippen molar-refractivity contribution >= 4 is 23.0 Å². The Balaban J connectivity index is 1.98. The van der Waals surface area contributed by atoms with Gasteiger partial charge in [-0.15, -0.1) is 11.3 Å². The molecule has 27 heavy (non-hydrogen) atoms. The van der Waals surface area contributed by atoms with Gasteiger partial charge in [0.25, 0.3) is 5.91 Å². The van der Waals surface area contributed by atoms with Gasteiger partial charge >= 0.3 is 0 Å². The maximum Gasteiger partial charge on any atom is 0.290 e. The zero-order valence-electron chi connectivity index (χ0n) is 15.5. The summed E-state index contributed by atoms with van der Waals surface area (Å²) in [6.45, 7) is 7.35. The van der Waals surface area contributed by atoms with Crippen LogP contribution in [0.4, 0.5) is 0 Å². The van der Waals surface area contributed by atoms with Gasteiger partial charge in [-0.1, -0.05) is 6.07 Å². The van der Waals surface area contributed by atoms with Crippen LogP contribution in [-0.4, -0.2) is 52.9 Å². The number of amides is 1. The molecule has 2 aromatic rings. The summed E-state index contributed by atoms with van der Waals surface area (Å²) in [5.74, 6) is -1.22. The van der Waals surface area contributed by atoms with E-state index in [1.54, 1.807) is 41.6 Å². The zero-order valence-corrected chi connectivity index (χ0v) is 16.3. The first-order chi connectivity index (χ1) is 13.1. The molecule has 0 aliphatic carbocycles. The first-order valence-electron chi connectivity index (χ1n) is 9.14. The van der Waals surface area contributed by atoms with Crippen LogP contribution in [0.2, 0.25) is 0 Å². The third-order valence-corrected chi connectivity index (χ3v) is 5.89. The van der Waals surface area contributed by atoms with E-state index >= 15 is 0 Å². The van der Waals surface area contributed by atoms with Crippen molar-refractivity contribution in [2.45, 2.75) is 19.9 Å². The van der Waals surface area contributed by atoms with Gasteiger partial charge < -0.3 is 14.9 Å². The van der Waals surface area contributed by atoms with Crippen LogP contribution in [0.5, 0.6) is 0 Å². The molecule has 0 saturated carbocycles. The van der Waals surface area contributed by atoms with Crippen molar-refractivity contribution in [3.05, 3.63) is 63.8 Å². The number of aliphatic hydroxyl groups excluding tert-OH is 1. The number of Topliss-reactive ketones (excluding diaryl/α,β-unsaturated/α-hetero) is 1. The summed E-state index contributed by atoms with van der Waals surface area (Å²) in [6, 6.07) is 6.48. The van der Waals surface area contributed by atoms with E-state index in [-0.39, 0.29) is 11.4 Å². The molecule has 1 atom stereocenters. The van der Waals surface area contributed by atoms with Crippen LogP contribution in [-0.2, 0) is 4.79 Å². The Morgan fingerprint density at radius 2 is 1.96 bits per heavy atom. The number of thiophene rings is 1. The van der Waals surface area contributed by atoms with E-state index in [2.05, 4.69) is 18.8 Å². The van der Waals surface area contributed by atoms with Gasteiger partial charge in [-0.25, -0.2) is 0 Å². The van der Waals surface area contributed by atoms with Gasteiger partial charge in [-0.2, -0.15) is 0 Å². The Bertz CT molecular complexity index is 829. The Morgan fingerprint density at radius 1 is 1.26 bits per heavy atom. The second kappa shape index (κ2) is 8.45. The number of pyridine rings is 1. The molecule has 0 radical (unpaired) electrons. The Hall–Kier alpha value is -2.51. The normalized spacial score (nSPS) is 17.2. The highest BCUT2D eigenvalue weighted by atomic mass is 32.1. The molecule has 2 aromatic heterocycles. The van der Waals surface area contributed by atoms with Gasteiger partial charge in [0.15, 0.2) is 5.76 Å². The Labute approximate surface area is 162 Å². The number of carbonyl (C=O) groups excluding carboxylic acids is 2. The van der Waals surface area contributed by atoms with E-state index in [1.807, 2.05) is 5.38 Å². The minimum Gasteiger partial charge on any atom is -0.503 e. The number of carbonyl (C=O) groups is 2. The lowest BCUT2D eigenvalue weighted by molar-refractivity contribution is -0.895. The molecule has 0 bridgehead atoms. The van der Waals surface area contributed by atoms with Crippen LogP contribution < -0.4 is 4.90 Å². The van der Waals surface area contributed by atoms with Crippen LogP contribution in [0.25, 0.3) is 0 Å². The average Bonchev–Trinajstić information content (AvgIpc) is 3.31. The lowest BCUT2D eigenvalue weighted by Gasteiger charge is -2.28. The Kier molecular flexibility index (Phi) is 6.03. The lowest BCUT2D eigenvalue weighted by Crippen LogP contribution is -3.12. The molecule has 3 heterocycles. The van der Waals surface area contributed by atoms with Gasteiger partial charge in [0.1, 0.15) is 0 Å². The molecule has 142 valence electrons. The van der Waals surface area contributed by atoms with Crippen LogP contribution in [0.15, 0.2) is 53.4 Å². The van der Waals surface area contributed by atoms with Gasteiger partial charge in [0.2, 0.25) is 5.78 Å². The fourth-order valence-electron chi connectivity index (χ4n) is 3.43. The predicted octanol–water partition coefficient (Wildman–Crippen LogP) is 1.65. The van der Waals surface area contributed by atoms with E-state index < -0.39 is 17.7 Å². The highest BCUT2D eigenvalue weighted by molar-refractivity contribution is 7.12. The standard InChI is InChI=1S/C20H23N3O3S/c1-3-22(4-2)11-12-23-17(14-7-9-21-10-8-14)16(19(25)20(23)26)18(24)15-6-5-13-27-15/h5-10,13,17,25H,3-4,11-12H2,1-2H3/p+1/t17-/m0/s1. The quantitative estimate of drug-likeness (QED) is 0.677. The summed E-state index contributed by atoms with van der Waals surface area (Å²) in [6.07, 6.45) is 3.27. The minimum atomic E-state index is -0.593. The number of hydrogen-bond acceptors (Lipinski definition) is 5. The van der Waals surface area contributed by atoms with Gasteiger partial charge in [0.05, 0.1) is 42.7 Å². The smallest absolute Gasteiger partial charge is 0.290 e. The Morgan fingerprint density at radius 3 is 2.56 bits per heavy atom. The molecule has 3 rings (SSSR count). The molecule has 1 amide bonds. The second-order valence-corrected chi connectivity index (χ2v) is 7.41. The number of nitrogens with one attached hydrogen (secondary N) is 1. The number of likely N-dealkylation sites (N-methyl/N-ethyl adjacent to an activating group) is 1. The number of ketones is 1. The molecular formula is C20H24N3O3S+. The van der Waals surface area contributed by atoms with Gasteiger partial charge in [-0.05, 0) is 43.0 Å². The zero-order chi connectivity index (χ0) is 19.4. The average molecular weight is 386 g/mol. The maximum atomic E-state index is 13.0. The maximum absolute atomic E-state index is 13.0. The molecule has 1 aliphatic heterocycles. The van der Waals surface area contributed by atoms with Gasteiger partial charge in [0, 0.05) is 12.4 Å². The van der Waals surface area contributed by atoms with E-state index in [4.69, 9.17) is 0 Å². The van der Waals surface area contributed by atoms with Crippen molar-refractivity contribution in [1.29, 1.82) is 0 Å². The summed E-state index contributed by atoms with van der Waals surface area (Å²) < 4.78 is 0. The van der Waals surface area contributed by atoms with E-state index in [0.717, 1.165) is 25.2 Å². The number of quaternary nitrogens is 1. The molecule has 2 N–H and O–H groups in total. The first-order valence-corrected chi connectivity index (χ1v) is 10.0. The minimum absolute atomic E-state index is 0.156. The number of aromatic nitrogens is 1. The SMILES string of the molecule is CC[NH+](CC)CCN1C(=O)C(O)=C(C(=O)c2cccs2)[C@@H]1c1ccncc1. The summed E-state index contributed by atoms with van der Waals surface area (Å²) in [4.78, 5) is 33.4. The molecule has 0 unspecified atom stereocenters. The first kappa shape index (κ1) is 19.3. The van der Waals surface area contributed by atoms with Crippen molar-refractivity contribution in [3.63, 3.8) is 0 Å². The van der Waals surface area contributed by atoms with Crippen LogP contribution in [0.3, 0.4) is 0 Å². The molecule has 0 saturated heterocycles. The molecule has 0 aromatic carbocycles. The van der Waals surface area contributed by atoms with Crippen LogP contribution in [0.1, 0.15) is 35.1 Å². The third-order valence-electron chi connectivity index (χ3n) is 5.02. The van der Waals surface area contributed by atoms with Crippen molar-refractivity contribution in [2.75, 3.05) is 26.2 Å². The van der Waals surface area contributed by atoms with Crippen LogP contribution >= 0.6 is 11.3 Å². The number of hydrogen-bond donors (Lipinski definition) is 2. The fraction of sp³-hybridized carbons (Fsp3) is 0.350. The number of aliphatic hydroxyl groups is 1. The highest BCUT2D eigenvalue weighted by Crippen LogP contribution is 2.38. The van der Waals surface area contributed by atoms with Gasteiger partial charge in [-0.3, -0.25) is 14.6 Å². The summed E-state index contributed by atoms with van der Waals surface area (Å²) >= 11 is 1.30. The molecule has 0 spiro atoms. The molecule has 6 nitrogen and oxygen atoms in total.